The van der Waals surface area contributed by atoms with Gasteiger partial charge in [-0.25, -0.2) is 17.9 Å². The number of fused-ring (bicyclic) bond motifs is 2. The maximum absolute atomic E-state index is 13.0. The van der Waals surface area contributed by atoms with Crippen LogP contribution in [0.1, 0.15) is 56.6 Å². The van der Waals surface area contributed by atoms with Crippen LogP contribution in [0.3, 0.4) is 0 Å². The van der Waals surface area contributed by atoms with Gasteiger partial charge >= 0.3 is 0 Å². The van der Waals surface area contributed by atoms with E-state index in [1.165, 1.54) is 8.82 Å². The van der Waals surface area contributed by atoms with Gasteiger partial charge in [-0.1, -0.05) is 13.8 Å². The quantitative estimate of drug-likeness (QED) is 0.794. The fourth-order valence-electron chi connectivity index (χ4n) is 4.29. The maximum Gasteiger partial charge on any atom is 0.276 e. The van der Waals surface area contributed by atoms with Crippen LogP contribution in [0.4, 0.5) is 0 Å². The molecule has 2 aromatic rings. The summed E-state index contributed by atoms with van der Waals surface area (Å²) in [5.74, 6) is 0.00327. The van der Waals surface area contributed by atoms with Crippen LogP contribution in [0.25, 0.3) is 5.65 Å². The molecule has 2 aliphatic heterocycles. The molecule has 0 saturated carbocycles. The first-order valence-electron chi connectivity index (χ1n) is 10.1. The first-order chi connectivity index (χ1) is 13.7. The zero-order valence-corrected chi connectivity index (χ0v) is 17.8. The van der Waals surface area contributed by atoms with Crippen molar-refractivity contribution in [3.8, 4) is 0 Å². The van der Waals surface area contributed by atoms with E-state index in [9.17, 15) is 18.0 Å². The van der Waals surface area contributed by atoms with Crippen molar-refractivity contribution in [3.05, 3.63) is 33.4 Å². The minimum Gasteiger partial charge on any atom is -0.336 e. The van der Waals surface area contributed by atoms with Gasteiger partial charge in [0.25, 0.3) is 5.56 Å². The Morgan fingerprint density at radius 1 is 1.34 bits per heavy atom. The number of nitrogens with one attached hydrogen (secondary N) is 1. The Labute approximate surface area is 169 Å². The van der Waals surface area contributed by atoms with Gasteiger partial charge in [0.2, 0.25) is 15.9 Å². The van der Waals surface area contributed by atoms with Crippen molar-refractivity contribution in [1.82, 2.24) is 23.8 Å². The van der Waals surface area contributed by atoms with Crippen molar-refractivity contribution >= 4 is 21.6 Å². The van der Waals surface area contributed by atoms with E-state index in [0.717, 1.165) is 6.42 Å². The molecular weight excluding hydrogens is 394 g/mol. The Morgan fingerprint density at radius 3 is 2.79 bits per heavy atom. The Bertz CT molecular complexity index is 1120. The molecule has 9 nitrogen and oxygen atoms in total. The Kier molecular flexibility index (Phi) is 5.02. The third kappa shape index (κ3) is 3.38. The average molecular weight is 422 g/mol. The zero-order valence-electron chi connectivity index (χ0n) is 17.0. The highest BCUT2D eigenvalue weighted by Crippen LogP contribution is 2.34. The molecule has 2 aliphatic rings. The van der Waals surface area contributed by atoms with Crippen LogP contribution in [0.15, 0.2) is 10.9 Å². The summed E-state index contributed by atoms with van der Waals surface area (Å²) in [5, 5.41) is 3.09. The lowest BCUT2D eigenvalue weighted by atomic mass is 10.0. The van der Waals surface area contributed by atoms with E-state index in [4.69, 9.17) is 0 Å². The second kappa shape index (κ2) is 7.24. The normalized spacial score (nSPS) is 20.6. The summed E-state index contributed by atoms with van der Waals surface area (Å²) in [5.41, 5.74) is 2.22. The van der Waals surface area contributed by atoms with Gasteiger partial charge in [-0.05, 0) is 26.2 Å². The first kappa shape index (κ1) is 20.1. The molecule has 1 N–H and O–H groups in total. The Hall–Kier alpha value is -2.20. The smallest absolute Gasteiger partial charge is 0.276 e. The number of sulfonamides is 1. The summed E-state index contributed by atoms with van der Waals surface area (Å²) in [7, 11) is -3.32. The topological polar surface area (TPSA) is 108 Å². The molecule has 0 aliphatic carbocycles. The van der Waals surface area contributed by atoms with E-state index in [1.54, 1.807) is 17.9 Å². The van der Waals surface area contributed by atoms with Gasteiger partial charge in [-0.2, -0.15) is 4.31 Å². The van der Waals surface area contributed by atoms with Gasteiger partial charge in [0, 0.05) is 30.6 Å². The van der Waals surface area contributed by atoms with Crippen LogP contribution in [0.5, 0.6) is 0 Å². The molecule has 2 aromatic heterocycles. The second-order valence-electron chi connectivity index (χ2n) is 8.08. The number of aromatic nitrogens is 3. The van der Waals surface area contributed by atoms with E-state index in [0.29, 0.717) is 55.1 Å². The van der Waals surface area contributed by atoms with Gasteiger partial charge in [0.15, 0.2) is 5.65 Å². The van der Waals surface area contributed by atoms with E-state index < -0.39 is 10.0 Å². The Morgan fingerprint density at radius 2 is 2.10 bits per heavy atom. The maximum atomic E-state index is 13.0. The van der Waals surface area contributed by atoms with Gasteiger partial charge in [-0.3, -0.25) is 14.7 Å². The SMILES string of the molecule is CCS(=O)(=O)N1CCCC1c1cc2nc3c(c(=O)n2[nH]1)CCN(C(=O)C(C)C)C3. The number of aromatic amines is 1. The minimum atomic E-state index is -3.32. The van der Waals surface area contributed by atoms with Crippen LogP contribution in [-0.2, 0) is 27.8 Å². The number of carbonyl (C=O) groups excluding carboxylic acids is 1. The summed E-state index contributed by atoms with van der Waals surface area (Å²) in [6.07, 6.45) is 1.96. The Balaban J connectivity index is 1.72. The number of nitrogens with zero attached hydrogens (tertiary/aromatic N) is 4. The molecule has 29 heavy (non-hydrogen) atoms. The molecule has 1 unspecified atom stereocenters. The van der Waals surface area contributed by atoms with Crippen molar-refractivity contribution in [1.29, 1.82) is 0 Å². The third-order valence-corrected chi connectivity index (χ3v) is 7.76. The predicted molar refractivity (Wildman–Crippen MR) is 108 cm³/mol. The molecule has 4 rings (SSSR count). The molecule has 1 saturated heterocycles. The molecular formula is C19H27N5O4S. The molecule has 1 atom stereocenters. The lowest BCUT2D eigenvalue weighted by Gasteiger charge is -2.29. The highest BCUT2D eigenvalue weighted by atomic mass is 32.2. The lowest BCUT2D eigenvalue weighted by Crippen LogP contribution is -2.41. The first-order valence-corrected chi connectivity index (χ1v) is 11.8. The summed E-state index contributed by atoms with van der Waals surface area (Å²) >= 11 is 0. The molecule has 158 valence electrons. The highest BCUT2D eigenvalue weighted by molar-refractivity contribution is 7.89. The van der Waals surface area contributed by atoms with Gasteiger partial charge in [0.1, 0.15) is 0 Å². The molecule has 0 spiro atoms. The number of carbonyl (C=O) groups is 1. The molecule has 10 heteroatoms. The van der Waals surface area contributed by atoms with E-state index in [1.807, 2.05) is 13.8 Å². The van der Waals surface area contributed by atoms with Crippen LogP contribution in [-0.4, -0.2) is 57.0 Å². The largest absolute Gasteiger partial charge is 0.336 e. The summed E-state index contributed by atoms with van der Waals surface area (Å²) in [4.78, 5) is 31.7. The van der Waals surface area contributed by atoms with Crippen LogP contribution in [0, 0.1) is 5.92 Å². The molecule has 0 radical (unpaired) electrons. The molecule has 1 amide bonds. The number of hydrogen-bond donors (Lipinski definition) is 1. The van der Waals surface area contributed by atoms with Crippen molar-refractivity contribution in [2.75, 3.05) is 18.8 Å². The van der Waals surface area contributed by atoms with Crippen molar-refractivity contribution < 1.29 is 13.2 Å². The fraction of sp³-hybridized carbons (Fsp3) is 0.632. The van der Waals surface area contributed by atoms with E-state index >= 15 is 0 Å². The predicted octanol–water partition coefficient (Wildman–Crippen LogP) is 1.05. The average Bonchev–Trinajstić information content (AvgIpc) is 3.34. The molecule has 1 fully saturated rings. The van der Waals surface area contributed by atoms with Crippen molar-refractivity contribution in [2.45, 2.75) is 52.6 Å². The molecule has 0 aromatic carbocycles. The molecule has 0 bridgehead atoms. The monoisotopic (exact) mass is 421 g/mol. The summed E-state index contributed by atoms with van der Waals surface area (Å²) in [6, 6.07) is 1.45. The lowest BCUT2D eigenvalue weighted by molar-refractivity contribution is -0.135. The number of H-pyrrole nitrogens is 1. The van der Waals surface area contributed by atoms with Crippen molar-refractivity contribution in [2.24, 2.45) is 5.92 Å². The summed E-state index contributed by atoms with van der Waals surface area (Å²) in [6.45, 7) is 6.69. The second-order valence-corrected chi connectivity index (χ2v) is 10.3. The van der Waals surface area contributed by atoms with Crippen LogP contribution >= 0.6 is 0 Å². The van der Waals surface area contributed by atoms with E-state index in [2.05, 4.69) is 10.1 Å². The highest BCUT2D eigenvalue weighted by Gasteiger charge is 2.35. The van der Waals surface area contributed by atoms with Crippen LogP contribution in [0.2, 0.25) is 0 Å². The number of rotatable bonds is 4. The number of amides is 1. The fourth-order valence-corrected chi connectivity index (χ4v) is 5.63. The van der Waals surface area contributed by atoms with E-state index in [-0.39, 0.29) is 29.2 Å². The number of hydrogen-bond acceptors (Lipinski definition) is 5. The van der Waals surface area contributed by atoms with Crippen molar-refractivity contribution in [3.63, 3.8) is 0 Å². The van der Waals surface area contributed by atoms with Gasteiger partial charge in [-0.15, -0.1) is 0 Å². The summed E-state index contributed by atoms with van der Waals surface area (Å²) < 4.78 is 27.8. The molecule has 4 heterocycles. The third-order valence-electron chi connectivity index (χ3n) is 5.88. The van der Waals surface area contributed by atoms with Gasteiger partial charge in [0.05, 0.1) is 29.7 Å². The van der Waals surface area contributed by atoms with Gasteiger partial charge < -0.3 is 4.90 Å². The van der Waals surface area contributed by atoms with Crippen LogP contribution < -0.4 is 5.56 Å². The standard InChI is InChI=1S/C19H27N5O4S/c1-4-29(27,28)23-8-5-6-16(23)14-10-17-20-15-11-22(18(25)12(2)3)9-7-13(15)19(26)24(17)21-14/h10,12,16,21H,4-9,11H2,1-3H3. The minimum absolute atomic E-state index is 0.0515. The zero-order chi connectivity index (χ0) is 20.9.